The molecule has 61 heavy (non-hydrogen) atoms. The average Bonchev–Trinajstić information content (AvgIpc) is 3.21. The summed E-state index contributed by atoms with van der Waals surface area (Å²) in [7, 11) is 1.27. The van der Waals surface area contributed by atoms with E-state index in [0.717, 1.165) is 38.5 Å². The van der Waals surface area contributed by atoms with Gasteiger partial charge in [-0.2, -0.15) is 0 Å². The Balaban J connectivity index is 4.07. The average molecular weight is 885 g/mol. The number of carbonyl (C=O) groups is 1. The van der Waals surface area contributed by atoms with Gasteiger partial charge in [0.05, 0.1) is 39.9 Å². The van der Waals surface area contributed by atoms with Crippen molar-refractivity contribution in [3.63, 3.8) is 0 Å². The molecule has 0 heterocycles. The molecule has 0 radical (unpaired) electrons. The zero-order valence-corrected chi connectivity index (χ0v) is 42.3. The van der Waals surface area contributed by atoms with Crippen LogP contribution in [0.15, 0.2) is 12.2 Å². The summed E-state index contributed by atoms with van der Waals surface area (Å²) >= 11 is 0. The Morgan fingerprint density at radius 1 is 0.557 bits per heavy atom. The third kappa shape index (κ3) is 47.0. The topological polar surface area (TPSA) is 108 Å². The molecule has 0 aliphatic carbocycles. The number of aliphatic hydroxyl groups excluding tert-OH is 1. The molecular formula is C52H105N2O6P. The molecular weight excluding hydrogens is 780 g/mol. The lowest BCUT2D eigenvalue weighted by Crippen LogP contribution is -2.45. The van der Waals surface area contributed by atoms with E-state index in [9.17, 15) is 19.4 Å². The Bertz CT molecular complexity index is 1000. The fourth-order valence-electron chi connectivity index (χ4n) is 8.04. The molecule has 1 amide bonds. The second kappa shape index (κ2) is 44.4. The number of nitrogens with one attached hydrogen (secondary N) is 1. The van der Waals surface area contributed by atoms with Crippen molar-refractivity contribution in [2.45, 2.75) is 276 Å². The quantitative estimate of drug-likeness (QED) is 0.0273. The Kier molecular flexibility index (Phi) is 43.9. The van der Waals surface area contributed by atoms with Crippen LogP contribution in [0, 0.1) is 0 Å². The molecule has 0 aromatic heterocycles. The van der Waals surface area contributed by atoms with E-state index in [1.54, 1.807) is 6.08 Å². The lowest BCUT2D eigenvalue weighted by atomic mass is 10.0. The van der Waals surface area contributed by atoms with Crippen molar-refractivity contribution in [3.05, 3.63) is 12.2 Å². The molecule has 9 heteroatoms. The minimum atomic E-state index is -4.58. The number of hydrogen-bond donors (Lipinski definition) is 2. The van der Waals surface area contributed by atoms with Gasteiger partial charge in [0.15, 0.2) is 0 Å². The molecule has 0 rings (SSSR count). The van der Waals surface area contributed by atoms with E-state index < -0.39 is 20.0 Å². The third-order valence-electron chi connectivity index (χ3n) is 12.2. The van der Waals surface area contributed by atoms with E-state index in [4.69, 9.17) is 9.05 Å². The van der Waals surface area contributed by atoms with E-state index >= 15 is 0 Å². The summed E-state index contributed by atoms with van der Waals surface area (Å²) in [6.45, 7) is 4.67. The fourth-order valence-corrected chi connectivity index (χ4v) is 8.76. The molecule has 0 saturated heterocycles. The van der Waals surface area contributed by atoms with Gasteiger partial charge < -0.3 is 28.8 Å². The minimum absolute atomic E-state index is 0.00223. The fraction of sp³-hybridized carbons (Fsp3) is 0.942. The van der Waals surface area contributed by atoms with Crippen molar-refractivity contribution < 1.29 is 32.9 Å². The smallest absolute Gasteiger partial charge is 0.268 e. The lowest BCUT2D eigenvalue weighted by molar-refractivity contribution is -0.870. The van der Waals surface area contributed by atoms with Crippen molar-refractivity contribution in [1.82, 2.24) is 5.32 Å². The van der Waals surface area contributed by atoms with Crippen LogP contribution in [-0.4, -0.2) is 68.5 Å². The van der Waals surface area contributed by atoms with E-state index in [1.807, 2.05) is 27.2 Å². The molecule has 8 nitrogen and oxygen atoms in total. The van der Waals surface area contributed by atoms with Crippen LogP contribution in [0.5, 0.6) is 0 Å². The van der Waals surface area contributed by atoms with Crippen LogP contribution in [0.3, 0.4) is 0 Å². The minimum Gasteiger partial charge on any atom is -0.756 e. The highest BCUT2D eigenvalue weighted by atomic mass is 31.2. The largest absolute Gasteiger partial charge is 0.756 e. The predicted molar refractivity (Wildman–Crippen MR) is 261 cm³/mol. The zero-order chi connectivity index (χ0) is 45.0. The number of unbranched alkanes of at least 4 members (excludes halogenated alkanes) is 36. The standard InChI is InChI=1S/C52H105N2O6P/c1-6-8-10-12-14-16-18-20-21-22-23-24-25-26-27-28-29-30-31-32-33-34-36-38-40-42-44-46-52(56)53-50(49-60-61(57,58)59-48-47-54(3,4)5)51(55)45-43-41-39-37-35-19-17-15-13-11-9-7-2/h43,45,50-51,55H,6-42,44,46-49H2,1-5H3,(H-,53,56,57,58)/b45-43+/t50-,51+/m0/s1. The van der Waals surface area contributed by atoms with Gasteiger partial charge in [-0.3, -0.25) is 9.36 Å². The van der Waals surface area contributed by atoms with E-state index in [-0.39, 0.29) is 19.1 Å². The Hall–Kier alpha value is -0.760. The van der Waals surface area contributed by atoms with Gasteiger partial charge >= 0.3 is 0 Å². The highest BCUT2D eigenvalue weighted by Gasteiger charge is 2.23. The Morgan fingerprint density at radius 3 is 1.23 bits per heavy atom. The van der Waals surface area contributed by atoms with Gasteiger partial charge in [0.1, 0.15) is 13.2 Å². The van der Waals surface area contributed by atoms with Crippen LogP contribution in [0.25, 0.3) is 0 Å². The molecule has 1 unspecified atom stereocenters. The zero-order valence-electron chi connectivity index (χ0n) is 41.4. The number of likely N-dealkylation sites (N-methyl/N-ethyl adjacent to an activating group) is 1. The monoisotopic (exact) mass is 885 g/mol. The van der Waals surface area contributed by atoms with Crippen molar-refractivity contribution in [2.24, 2.45) is 0 Å². The first-order valence-corrected chi connectivity index (χ1v) is 28.0. The SMILES string of the molecule is CCCCCCCCCCCC/C=C/[C@@H](O)[C@H](COP(=O)([O-])OCC[N+](C)(C)C)NC(=O)CCCCCCCCCCCCCCCCCCCCCCCCCCCCC. The van der Waals surface area contributed by atoms with E-state index in [1.165, 1.54) is 205 Å². The third-order valence-corrected chi connectivity index (χ3v) is 13.2. The number of nitrogens with zero attached hydrogens (tertiary/aromatic N) is 1. The molecule has 0 spiro atoms. The maximum atomic E-state index is 12.9. The van der Waals surface area contributed by atoms with Gasteiger partial charge in [-0.25, -0.2) is 0 Å². The summed E-state index contributed by atoms with van der Waals surface area (Å²) in [5, 5.41) is 13.8. The normalized spacial score (nSPS) is 14.1. The molecule has 0 saturated carbocycles. The van der Waals surface area contributed by atoms with Crippen molar-refractivity contribution in [2.75, 3.05) is 40.9 Å². The van der Waals surface area contributed by atoms with Gasteiger partial charge in [-0.15, -0.1) is 0 Å². The second-order valence-corrected chi connectivity index (χ2v) is 21.0. The van der Waals surface area contributed by atoms with Gasteiger partial charge in [-0.1, -0.05) is 251 Å². The van der Waals surface area contributed by atoms with Crippen molar-refractivity contribution >= 4 is 13.7 Å². The van der Waals surface area contributed by atoms with Crippen LogP contribution in [0.4, 0.5) is 0 Å². The summed E-state index contributed by atoms with van der Waals surface area (Å²) in [6.07, 6.45) is 52.8. The molecule has 0 aromatic rings. The van der Waals surface area contributed by atoms with Crippen LogP contribution in [-0.2, 0) is 18.4 Å². The summed E-state index contributed by atoms with van der Waals surface area (Å²) in [4.78, 5) is 25.4. The van der Waals surface area contributed by atoms with Crippen LogP contribution < -0.4 is 10.2 Å². The van der Waals surface area contributed by atoms with Gasteiger partial charge in [0, 0.05) is 6.42 Å². The first-order chi connectivity index (χ1) is 29.5. The van der Waals surface area contributed by atoms with Gasteiger partial charge in [0.25, 0.3) is 7.82 Å². The number of rotatable bonds is 49. The predicted octanol–water partition coefficient (Wildman–Crippen LogP) is 14.8. The maximum absolute atomic E-state index is 12.9. The number of amides is 1. The highest BCUT2D eigenvalue weighted by Crippen LogP contribution is 2.38. The molecule has 2 N–H and O–H groups in total. The van der Waals surface area contributed by atoms with Gasteiger partial charge in [-0.05, 0) is 19.3 Å². The summed E-state index contributed by atoms with van der Waals surface area (Å²) in [5.41, 5.74) is 0. The maximum Gasteiger partial charge on any atom is 0.268 e. The number of phosphoric ester groups is 1. The number of carbonyl (C=O) groups excluding carboxylic acids is 1. The number of aliphatic hydroxyl groups is 1. The van der Waals surface area contributed by atoms with Gasteiger partial charge in [0.2, 0.25) is 5.91 Å². The van der Waals surface area contributed by atoms with Crippen molar-refractivity contribution in [1.29, 1.82) is 0 Å². The molecule has 0 aliphatic heterocycles. The second-order valence-electron chi connectivity index (χ2n) is 19.6. The molecule has 3 atom stereocenters. The van der Waals surface area contributed by atoms with Crippen molar-refractivity contribution in [3.8, 4) is 0 Å². The summed E-state index contributed by atoms with van der Waals surface area (Å²) < 4.78 is 23.2. The Morgan fingerprint density at radius 2 is 0.885 bits per heavy atom. The Labute approximate surface area is 380 Å². The van der Waals surface area contributed by atoms with E-state index in [2.05, 4.69) is 19.2 Å². The molecule has 364 valence electrons. The molecule has 0 fully saturated rings. The van der Waals surface area contributed by atoms with Crippen LogP contribution in [0.2, 0.25) is 0 Å². The molecule has 0 bridgehead atoms. The first kappa shape index (κ1) is 60.2. The highest BCUT2D eigenvalue weighted by molar-refractivity contribution is 7.45. The lowest BCUT2D eigenvalue weighted by Gasteiger charge is -2.29. The molecule has 0 aliphatic rings. The first-order valence-electron chi connectivity index (χ1n) is 26.6. The number of phosphoric acid groups is 1. The van der Waals surface area contributed by atoms with E-state index in [0.29, 0.717) is 17.4 Å². The number of allylic oxidation sites excluding steroid dienone is 1. The molecule has 0 aromatic carbocycles. The number of quaternary nitrogens is 1. The number of hydrogen-bond acceptors (Lipinski definition) is 6. The summed E-state index contributed by atoms with van der Waals surface area (Å²) in [6, 6.07) is -0.880. The summed E-state index contributed by atoms with van der Waals surface area (Å²) in [5.74, 6) is -0.193. The van der Waals surface area contributed by atoms with Crippen LogP contribution in [0.1, 0.15) is 264 Å². The van der Waals surface area contributed by atoms with Crippen LogP contribution >= 0.6 is 7.82 Å².